The summed E-state index contributed by atoms with van der Waals surface area (Å²) in [5, 5.41) is 0. The van der Waals surface area contributed by atoms with Crippen LogP contribution in [0.25, 0.3) is 0 Å². The van der Waals surface area contributed by atoms with E-state index in [1.165, 1.54) is 30.3 Å². The summed E-state index contributed by atoms with van der Waals surface area (Å²) in [5.41, 5.74) is 12.5. The molecule has 98 valence electrons. The first-order valence-corrected chi connectivity index (χ1v) is 5.63. The molecule has 2 aromatic carbocycles. The molecule has 0 radical (unpaired) electrons. The quantitative estimate of drug-likeness (QED) is 0.826. The van der Waals surface area contributed by atoms with E-state index >= 15 is 0 Å². The summed E-state index contributed by atoms with van der Waals surface area (Å²) in [6, 6.07) is 10.5. The molecule has 2 aromatic rings. The van der Waals surface area contributed by atoms with Crippen LogP contribution in [-0.2, 0) is 6.61 Å². The van der Waals surface area contributed by atoms with E-state index in [4.69, 9.17) is 16.2 Å². The van der Waals surface area contributed by atoms with Crippen LogP contribution in [0, 0.1) is 5.82 Å². The predicted molar refractivity (Wildman–Crippen MR) is 70.1 cm³/mol. The van der Waals surface area contributed by atoms with Gasteiger partial charge in [0.2, 0.25) is 5.91 Å². The van der Waals surface area contributed by atoms with Gasteiger partial charge in [0.25, 0.3) is 0 Å². The molecular formula is C14H13FN2O2. The SMILES string of the molecule is NC(=O)c1ccc(COc2ccc(F)cc2)c(N)c1. The van der Waals surface area contributed by atoms with Gasteiger partial charge in [0.15, 0.2) is 0 Å². The van der Waals surface area contributed by atoms with Gasteiger partial charge in [-0.2, -0.15) is 0 Å². The van der Waals surface area contributed by atoms with Crippen molar-refractivity contribution < 1.29 is 13.9 Å². The molecule has 0 heterocycles. The first-order chi connectivity index (χ1) is 9.06. The van der Waals surface area contributed by atoms with Crippen molar-refractivity contribution in [2.24, 2.45) is 5.73 Å². The highest BCUT2D eigenvalue weighted by Gasteiger charge is 2.05. The fraction of sp³-hybridized carbons (Fsp3) is 0.0714. The molecule has 1 amide bonds. The van der Waals surface area contributed by atoms with Gasteiger partial charge in [0.1, 0.15) is 18.2 Å². The van der Waals surface area contributed by atoms with Gasteiger partial charge in [-0.3, -0.25) is 4.79 Å². The highest BCUT2D eigenvalue weighted by atomic mass is 19.1. The molecule has 0 fully saturated rings. The molecule has 0 unspecified atom stereocenters. The third-order valence-electron chi connectivity index (χ3n) is 2.64. The highest BCUT2D eigenvalue weighted by molar-refractivity contribution is 5.93. The van der Waals surface area contributed by atoms with E-state index in [-0.39, 0.29) is 12.4 Å². The minimum atomic E-state index is -0.530. The van der Waals surface area contributed by atoms with Gasteiger partial charge in [-0.05, 0) is 36.4 Å². The second kappa shape index (κ2) is 5.39. The molecule has 0 aliphatic heterocycles. The molecule has 5 heteroatoms. The lowest BCUT2D eigenvalue weighted by molar-refractivity contribution is 0.100. The maximum Gasteiger partial charge on any atom is 0.248 e. The van der Waals surface area contributed by atoms with Crippen LogP contribution >= 0.6 is 0 Å². The number of carbonyl (C=O) groups excluding carboxylic acids is 1. The normalized spacial score (nSPS) is 10.2. The fourth-order valence-corrected chi connectivity index (χ4v) is 1.57. The number of nitrogens with two attached hydrogens (primary N) is 2. The van der Waals surface area contributed by atoms with E-state index in [2.05, 4.69) is 0 Å². The molecule has 4 N–H and O–H groups in total. The third-order valence-corrected chi connectivity index (χ3v) is 2.64. The Morgan fingerprint density at radius 3 is 2.42 bits per heavy atom. The van der Waals surface area contributed by atoms with Gasteiger partial charge in [0, 0.05) is 16.8 Å². The minimum Gasteiger partial charge on any atom is -0.489 e. The maximum absolute atomic E-state index is 12.7. The van der Waals surface area contributed by atoms with Gasteiger partial charge >= 0.3 is 0 Å². The Hall–Kier alpha value is -2.56. The topological polar surface area (TPSA) is 78.3 Å². The van der Waals surface area contributed by atoms with Crippen molar-refractivity contribution in [3.05, 3.63) is 59.4 Å². The number of primary amides is 1. The lowest BCUT2D eigenvalue weighted by atomic mass is 10.1. The number of hydrogen-bond acceptors (Lipinski definition) is 3. The van der Waals surface area contributed by atoms with E-state index in [9.17, 15) is 9.18 Å². The Morgan fingerprint density at radius 2 is 1.84 bits per heavy atom. The molecule has 0 bridgehead atoms. The van der Waals surface area contributed by atoms with Crippen LogP contribution in [0.2, 0.25) is 0 Å². The van der Waals surface area contributed by atoms with Crippen LogP contribution in [0.15, 0.2) is 42.5 Å². The number of hydrogen-bond donors (Lipinski definition) is 2. The van der Waals surface area contributed by atoms with Gasteiger partial charge in [-0.1, -0.05) is 6.07 Å². The third kappa shape index (κ3) is 3.22. The van der Waals surface area contributed by atoms with Crippen molar-refractivity contribution in [2.75, 3.05) is 5.73 Å². The van der Waals surface area contributed by atoms with E-state index in [0.717, 1.165) is 5.56 Å². The molecule has 0 saturated heterocycles. The Labute approximate surface area is 109 Å². The molecule has 0 aliphatic rings. The van der Waals surface area contributed by atoms with Gasteiger partial charge in [0.05, 0.1) is 0 Å². The molecule has 0 aromatic heterocycles. The lowest BCUT2D eigenvalue weighted by Gasteiger charge is -2.09. The largest absolute Gasteiger partial charge is 0.489 e. The summed E-state index contributed by atoms with van der Waals surface area (Å²) >= 11 is 0. The summed E-state index contributed by atoms with van der Waals surface area (Å²) in [6.45, 7) is 0.233. The first-order valence-electron chi connectivity index (χ1n) is 5.63. The van der Waals surface area contributed by atoms with Crippen molar-refractivity contribution >= 4 is 11.6 Å². The van der Waals surface area contributed by atoms with E-state index in [0.29, 0.717) is 17.0 Å². The zero-order valence-electron chi connectivity index (χ0n) is 10.1. The average Bonchev–Trinajstić information content (AvgIpc) is 2.39. The minimum absolute atomic E-state index is 0.233. The number of amides is 1. The standard InChI is InChI=1S/C14H13FN2O2/c15-11-3-5-12(6-4-11)19-8-10-2-1-9(14(17)18)7-13(10)16/h1-7H,8,16H2,(H2,17,18). The second-order valence-corrected chi connectivity index (χ2v) is 4.02. The van der Waals surface area contributed by atoms with Crippen LogP contribution < -0.4 is 16.2 Å². The Morgan fingerprint density at radius 1 is 1.16 bits per heavy atom. The van der Waals surface area contributed by atoms with Crippen molar-refractivity contribution in [2.45, 2.75) is 6.61 Å². The summed E-state index contributed by atoms with van der Waals surface area (Å²) in [5.74, 6) is -0.310. The van der Waals surface area contributed by atoms with Crippen LogP contribution in [0.5, 0.6) is 5.75 Å². The first kappa shape index (κ1) is 12.9. The van der Waals surface area contributed by atoms with E-state index < -0.39 is 5.91 Å². The molecule has 0 spiro atoms. The van der Waals surface area contributed by atoms with E-state index in [1.54, 1.807) is 12.1 Å². The van der Waals surface area contributed by atoms with E-state index in [1.807, 2.05) is 0 Å². The lowest BCUT2D eigenvalue weighted by Crippen LogP contribution is -2.12. The zero-order chi connectivity index (χ0) is 13.8. The number of anilines is 1. The molecule has 0 saturated carbocycles. The van der Waals surface area contributed by atoms with Gasteiger partial charge < -0.3 is 16.2 Å². The molecule has 2 rings (SSSR count). The number of nitrogen functional groups attached to an aromatic ring is 1. The average molecular weight is 260 g/mol. The second-order valence-electron chi connectivity index (χ2n) is 4.02. The van der Waals surface area contributed by atoms with Crippen molar-refractivity contribution in [1.29, 1.82) is 0 Å². The summed E-state index contributed by atoms with van der Waals surface area (Å²) in [7, 11) is 0. The van der Waals surface area contributed by atoms with Crippen LogP contribution in [0.3, 0.4) is 0 Å². The highest BCUT2D eigenvalue weighted by Crippen LogP contribution is 2.18. The zero-order valence-corrected chi connectivity index (χ0v) is 10.1. The monoisotopic (exact) mass is 260 g/mol. The Bertz CT molecular complexity index is 597. The van der Waals surface area contributed by atoms with Gasteiger partial charge in [-0.15, -0.1) is 0 Å². The van der Waals surface area contributed by atoms with Crippen LogP contribution in [-0.4, -0.2) is 5.91 Å². The summed E-state index contributed by atoms with van der Waals surface area (Å²) < 4.78 is 18.2. The smallest absolute Gasteiger partial charge is 0.248 e. The molecule has 19 heavy (non-hydrogen) atoms. The number of halogens is 1. The van der Waals surface area contributed by atoms with Crippen LogP contribution in [0.4, 0.5) is 10.1 Å². The predicted octanol–water partition coefficient (Wildman–Crippen LogP) is 2.09. The Balaban J connectivity index is 2.07. The maximum atomic E-state index is 12.7. The number of benzene rings is 2. The van der Waals surface area contributed by atoms with Crippen molar-refractivity contribution in [3.63, 3.8) is 0 Å². The molecule has 0 atom stereocenters. The molecule has 4 nitrogen and oxygen atoms in total. The summed E-state index contributed by atoms with van der Waals surface area (Å²) in [6.07, 6.45) is 0. The number of carbonyl (C=O) groups is 1. The molecular weight excluding hydrogens is 247 g/mol. The van der Waals surface area contributed by atoms with Crippen molar-refractivity contribution in [3.8, 4) is 5.75 Å². The van der Waals surface area contributed by atoms with Crippen molar-refractivity contribution in [1.82, 2.24) is 0 Å². The fourth-order valence-electron chi connectivity index (χ4n) is 1.57. The number of rotatable bonds is 4. The van der Waals surface area contributed by atoms with Gasteiger partial charge in [-0.25, -0.2) is 4.39 Å². The Kier molecular flexibility index (Phi) is 3.66. The van der Waals surface area contributed by atoms with Crippen LogP contribution in [0.1, 0.15) is 15.9 Å². The number of ether oxygens (including phenoxy) is 1. The summed E-state index contributed by atoms with van der Waals surface area (Å²) in [4.78, 5) is 11.0. The molecule has 0 aliphatic carbocycles.